The van der Waals surface area contributed by atoms with Crippen LogP contribution in [-0.2, 0) is 9.59 Å². The zero-order chi connectivity index (χ0) is 14.6. The van der Waals surface area contributed by atoms with E-state index in [1.165, 1.54) is 0 Å². The molecule has 2 N–H and O–H groups in total. The van der Waals surface area contributed by atoms with Gasteiger partial charge in [0.2, 0.25) is 0 Å². The van der Waals surface area contributed by atoms with Crippen molar-refractivity contribution in [3.05, 3.63) is 0 Å². The van der Waals surface area contributed by atoms with Gasteiger partial charge in [-0.3, -0.25) is 9.59 Å². The first-order valence-corrected chi connectivity index (χ1v) is 9.19. The molecular weight excluding hydrogens is 267 g/mol. The summed E-state index contributed by atoms with van der Waals surface area (Å²) >= 11 is 0. The van der Waals surface area contributed by atoms with Crippen LogP contribution in [0.4, 0.5) is 13.2 Å². The largest absolute Gasteiger partial charge is 0.481 e. The lowest BCUT2D eigenvalue weighted by atomic mass is 10.1. The van der Waals surface area contributed by atoms with Gasteiger partial charge in [-0.15, -0.1) is 0 Å². The second-order valence-electron chi connectivity index (χ2n) is 5.44. The Bertz CT molecular complexity index is 312. The molecule has 1 atom stereocenters. The molecule has 0 spiro atoms. The highest BCUT2D eigenvalue weighted by Crippen LogP contribution is 2.20. The summed E-state index contributed by atoms with van der Waals surface area (Å²) < 4.78 is 35.9. The third kappa shape index (κ3) is 8.10. The number of carboxylic acid groups (broad SMARTS) is 1. The fourth-order valence-corrected chi connectivity index (χ4v) is 3.69. The Morgan fingerprint density at radius 2 is 1.78 bits per heavy atom. The lowest BCUT2D eigenvalue weighted by Gasteiger charge is -2.23. The van der Waals surface area contributed by atoms with Gasteiger partial charge < -0.3 is 10.4 Å². The maximum absolute atomic E-state index is 12.0. The standard InChI is InChI=1S/C10H18F3NO3Si/c1-18(2,3)6-7(4-8(15)16)5-14-9(17)10(11,12)13/h7H,4-6H2,1-3H3,(H,14,17)(H,15,16). The molecule has 0 aromatic heterocycles. The number of carboxylic acids is 1. The molecule has 18 heavy (non-hydrogen) atoms. The van der Waals surface area contributed by atoms with E-state index in [0.29, 0.717) is 6.04 Å². The van der Waals surface area contributed by atoms with E-state index >= 15 is 0 Å². The third-order valence-electron chi connectivity index (χ3n) is 2.17. The third-order valence-corrected chi connectivity index (χ3v) is 3.98. The van der Waals surface area contributed by atoms with E-state index in [0.717, 1.165) is 0 Å². The molecule has 1 unspecified atom stereocenters. The Balaban J connectivity index is 4.43. The van der Waals surface area contributed by atoms with Crippen LogP contribution in [-0.4, -0.2) is 37.8 Å². The van der Waals surface area contributed by atoms with Crippen molar-refractivity contribution in [1.82, 2.24) is 5.32 Å². The molecule has 1 amide bonds. The molecule has 0 aliphatic rings. The van der Waals surface area contributed by atoms with Gasteiger partial charge in [0.05, 0.1) is 0 Å². The molecular formula is C10H18F3NO3Si. The molecule has 8 heteroatoms. The molecule has 4 nitrogen and oxygen atoms in total. The molecule has 0 aliphatic carbocycles. The van der Waals surface area contributed by atoms with Gasteiger partial charge in [-0.25, -0.2) is 0 Å². The normalized spacial score (nSPS) is 14.1. The van der Waals surface area contributed by atoms with Crippen LogP contribution in [0.3, 0.4) is 0 Å². The van der Waals surface area contributed by atoms with Crippen molar-refractivity contribution in [3.63, 3.8) is 0 Å². The highest BCUT2D eigenvalue weighted by atomic mass is 28.3. The molecule has 0 aromatic rings. The van der Waals surface area contributed by atoms with Gasteiger partial charge in [-0.2, -0.15) is 13.2 Å². The summed E-state index contributed by atoms with van der Waals surface area (Å²) in [5.74, 6) is -3.55. The van der Waals surface area contributed by atoms with Crippen molar-refractivity contribution in [1.29, 1.82) is 0 Å². The van der Waals surface area contributed by atoms with Crippen LogP contribution in [0.2, 0.25) is 25.7 Å². The zero-order valence-electron chi connectivity index (χ0n) is 10.6. The van der Waals surface area contributed by atoms with Crippen LogP contribution in [0.5, 0.6) is 0 Å². The number of hydrogen-bond acceptors (Lipinski definition) is 2. The number of rotatable bonds is 6. The topological polar surface area (TPSA) is 66.4 Å². The van der Waals surface area contributed by atoms with Crippen molar-refractivity contribution in [2.45, 2.75) is 38.3 Å². The monoisotopic (exact) mass is 285 g/mol. The van der Waals surface area contributed by atoms with E-state index in [9.17, 15) is 22.8 Å². The highest BCUT2D eigenvalue weighted by Gasteiger charge is 2.38. The quantitative estimate of drug-likeness (QED) is 0.734. The van der Waals surface area contributed by atoms with E-state index in [4.69, 9.17) is 5.11 Å². The fourth-order valence-electron chi connectivity index (χ4n) is 1.67. The molecule has 0 saturated heterocycles. The Morgan fingerprint density at radius 3 is 2.11 bits per heavy atom. The van der Waals surface area contributed by atoms with Crippen molar-refractivity contribution >= 4 is 20.0 Å². The van der Waals surface area contributed by atoms with Crippen LogP contribution in [0, 0.1) is 5.92 Å². The van der Waals surface area contributed by atoms with Crippen LogP contribution < -0.4 is 5.32 Å². The first kappa shape index (κ1) is 16.9. The number of carbonyl (C=O) groups is 2. The van der Waals surface area contributed by atoms with Crippen LogP contribution in [0.15, 0.2) is 0 Å². The van der Waals surface area contributed by atoms with E-state index < -0.39 is 32.0 Å². The second kappa shape index (κ2) is 6.21. The van der Waals surface area contributed by atoms with Gasteiger partial charge >= 0.3 is 18.1 Å². The molecule has 0 fully saturated rings. The minimum absolute atomic E-state index is 0.234. The van der Waals surface area contributed by atoms with Crippen molar-refractivity contribution in [3.8, 4) is 0 Å². The van der Waals surface area contributed by atoms with Gasteiger partial charge in [0.15, 0.2) is 0 Å². The van der Waals surface area contributed by atoms with Crippen molar-refractivity contribution in [2.24, 2.45) is 5.92 Å². The zero-order valence-corrected chi connectivity index (χ0v) is 11.6. The first-order valence-electron chi connectivity index (χ1n) is 5.48. The van der Waals surface area contributed by atoms with E-state index in [2.05, 4.69) is 0 Å². The van der Waals surface area contributed by atoms with Gasteiger partial charge in [0.25, 0.3) is 0 Å². The maximum Gasteiger partial charge on any atom is 0.471 e. The highest BCUT2D eigenvalue weighted by molar-refractivity contribution is 6.76. The number of alkyl halides is 3. The average Bonchev–Trinajstić information content (AvgIpc) is 2.08. The van der Waals surface area contributed by atoms with Gasteiger partial charge in [0, 0.05) is 21.0 Å². The minimum Gasteiger partial charge on any atom is -0.481 e. The van der Waals surface area contributed by atoms with E-state index in [1.54, 1.807) is 5.32 Å². The summed E-state index contributed by atoms with van der Waals surface area (Å²) in [6.07, 6.45) is -5.16. The predicted octanol–water partition coefficient (Wildman–Crippen LogP) is 2.09. The number of halogens is 3. The predicted molar refractivity (Wildman–Crippen MR) is 63.0 cm³/mol. The second-order valence-corrected chi connectivity index (χ2v) is 11.0. The van der Waals surface area contributed by atoms with Crippen LogP contribution in [0.25, 0.3) is 0 Å². The Morgan fingerprint density at radius 1 is 1.28 bits per heavy atom. The summed E-state index contributed by atoms with van der Waals surface area (Å²) in [5, 5.41) is 10.4. The molecule has 0 bridgehead atoms. The summed E-state index contributed by atoms with van der Waals surface area (Å²) in [7, 11) is -1.60. The summed E-state index contributed by atoms with van der Waals surface area (Å²) in [5.41, 5.74) is 0. The number of hydrogen-bond donors (Lipinski definition) is 2. The van der Waals surface area contributed by atoms with Gasteiger partial charge in [0.1, 0.15) is 0 Å². The van der Waals surface area contributed by atoms with Crippen molar-refractivity contribution in [2.75, 3.05) is 6.54 Å². The summed E-state index contributed by atoms with van der Waals surface area (Å²) in [6, 6.07) is 0.553. The molecule has 0 rings (SSSR count). The van der Waals surface area contributed by atoms with Gasteiger partial charge in [-0.05, 0) is 5.92 Å². The number of amides is 1. The maximum atomic E-state index is 12.0. The molecule has 0 saturated carbocycles. The van der Waals surface area contributed by atoms with E-state index in [1.807, 2.05) is 19.6 Å². The minimum atomic E-state index is -4.92. The fraction of sp³-hybridized carbons (Fsp3) is 0.800. The van der Waals surface area contributed by atoms with Gasteiger partial charge in [-0.1, -0.05) is 25.7 Å². The molecule has 106 valence electrons. The summed E-state index contributed by atoms with van der Waals surface area (Å²) in [6.45, 7) is 5.73. The SMILES string of the molecule is C[Si](C)(C)CC(CNC(=O)C(F)(F)F)CC(=O)O. The van der Waals surface area contributed by atoms with Crippen LogP contribution >= 0.6 is 0 Å². The van der Waals surface area contributed by atoms with Crippen LogP contribution in [0.1, 0.15) is 6.42 Å². The molecule has 0 aliphatic heterocycles. The Hall–Kier alpha value is -1.05. The van der Waals surface area contributed by atoms with E-state index in [-0.39, 0.29) is 13.0 Å². The first-order chi connectivity index (χ1) is 7.92. The Labute approximate surface area is 105 Å². The Kier molecular flexibility index (Phi) is 5.85. The molecule has 0 aromatic carbocycles. The molecule has 0 heterocycles. The number of nitrogens with one attached hydrogen (secondary N) is 1. The smallest absolute Gasteiger partial charge is 0.471 e. The molecule has 0 radical (unpaired) electrons. The average molecular weight is 285 g/mol. The number of aliphatic carboxylic acids is 1. The number of carbonyl (C=O) groups excluding carboxylic acids is 1. The lowest BCUT2D eigenvalue weighted by Crippen LogP contribution is -2.41. The van der Waals surface area contributed by atoms with Crippen molar-refractivity contribution < 1.29 is 27.9 Å². The summed E-state index contributed by atoms with van der Waals surface area (Å²) in [4.78, 5) is 21.3. The lowest BCUT2D eigenvalue weighted by molar-refractivity contribution is -0.173.